The number of aryl methyl sites for hydroxylation is 2. The Bertz CT molecular complexity index is 1120. The predicted molar refractivity (Wildman–Crippen MR) is 151 cm³/mol. The van der Waals surface area contributed by atoms with Crippen molar-refractivity contribution in [1.82, 2.24) is 10.2 Å². The Labute approximate surface area is 227 Å². The first-order valence-corrected chi connectivity index (χ1v) is 13.7. The minimum Gasteiger partial charge on any atom is -0.444 e. The summed E-state index contributed by atoms with van der Waals surface area (Å²) in [6, 6.07) is 13.7. The molecule has 3 atom stereocenters. The van der Waals surface area contributed by atoms with Crippen molar-refractivity contribution >= 4 is 23.6 Å². The van der Waals surface area contributed by atoms with E-state index in [0.717, 1.165) is 36.0 Å². The van der Waals surface area contributed by atoms with E-state index in [2.05, 4.69) is 17.6 Å². The topological polar surface area (TPSA) is 87.7 Å². The minimum atomic E-state index is -0.840. The van der Waals surface area contributed by atoms with Crippen LogP contribution in [-0.2, 0) is 20.7 Å². The summed E-state index contributed by atoms with van der Waals surface area (Å²) in [6.45, 7) is 13.3. The van der Waals surface area contributed by atoms with Crippen LogP contribution in [-0.4, -0.2) is 40.5 Å². The Morgan fingerprint density at radius 2 is 1.66 bits per heavy atom. The van der Waals surface area contributed by atoms with E-state index in [1.807, 2.05) is 69.3 Å². The molecule has 0 spiro atoms. The predicted octanol–water partition coefficient (Wildman–Crippen LogP) is 6.17. The highest BCUT2D eigenvalue weighted by Gasteiger charge is 2.45. The van der Waals surface area contributed by atoms with E-state index in [0.29, 0.717) is 12.1 Å². The number of nitrogens with one attached hydrogen (secondary N) is 2. The van der Waals surface area contributed by atoms with Gasteiger partial charge in [0.15, 0.2) is 0 Å². The molecule has 1 saturated carbocycles. The van der Waals surface area contributed by atoms with Crippen LogP contribution in [0.3, 0.4) is 0 Å². The number of carbonyl (C=O) groups excluding carboxylic acids is 3. The van der Waals surface area contributed by atoms with Gasteiger partial charge in [-0.3, -0.25) is 9.59 Å². The highest BCUT2D eigenvalue weighted by atomic mass is 16.6. The monoisotopic (exact) mass is 521 g/mol. The molecule has 3 amide bonds. The number of benzene rings is 2. The summed E-state index contributed by atoms with van der Waals surface area (Å²) < 4.78 is 5.48. The van der Waals surface area contributed by atoms with Gasteiger partial charge in [0.05, 0.1) is 0 Å². The van der Waals surface area contributed by atoms with Gasteiger partial charge in [0.25, 0.3) is 5.91 Å². The van der Waals surface area contributed by atoms with E-state index >= 15 is 0 Å². The van der Waals surface area contributed by atoms with Crippen molar-refractivity contribution in [3.8, 4) is 0 Å². The van der Waals surface area contributed by atoms with Crippen LogP contribution >= 0.6 is 0 Å². The molecule has 1 aliphatic rings. The molecule has 7 nitrogen and oxygen atoms in total. The molecule has 0 aliphatic heterocycles. The molecule has 206 valence electrons. The van der Waals surface area contributed by atoms with Crippen molar-refractivity contribution in [2.75, 3.05) is 5.32 Å². The number of hydrogen-bond acceptors (Lipinski definition) is 4. The first-order chi connectivity index (χ1) is 17.9. The standard InChI is InChI=1S/C31H43N3O4/c1-8-20(3)26(33-30(37)38-31(5,6)7)29(36)34(24-18-19-24)27(23-16-14-22(9-2)15-17-23)28(35)32-25-13-11-10-12-21(25)4/h10-17,20,24,26-27H,8-9,18-19H2,1-7H3,(H,32,35)(H,33,37). The van der Waals surface area contributed by atoms with Gasteiger partial charge in [-0.05, 0) is 75.6 Å². The normalized spacial score (nSPS) is 15.7. The number of ether oxygens (including phenoxy) is 1. The third-order valence-electron chi connectivity index (χ3n) is 6.98. The zero-order valence-corrected chi connectivity index (χ0v) is 23.8. The van der Waals surface area contributed by atoms with Crippen LogP contribution in [0.5, 0.6) is 0 Å². The third kappa shape index (κ3) is 7.59. The molecule has 0 saturated heterocycles. The van der Waals surface area contributed by atoms with Crippen LogP contribution < -0.4 is 10.6 Å². The fourth-order valence-electron chi connectivity index (χ4n) is 4.44. The molecule has 0 bridgehead atoms. The fourth-order valence-corrected chi connectivity index (χ4v) is 4.44. The molecule has 3 unspecified atom stereocenters. The second-order valence-corrected chi connectivity index (χ2v) is 11.3. The van der Waals surface area contributed by atoms with Crippen molar-refractivity contribution < 1.29 is 19.1 Å². The summed E-state index contributed by atoms with van der Waals surface area (Å²) in [5, 5.41) is 5.89. The molecule has 2 aromatic carbocycles. The SMILES string of the molecule is CCc1ccc(C(C(=O)Nc2ccccc2C)N(C(=O)C(NC(=O)OC(C)(C)C)C(C)CC)C2CC2)cc1. The maximum absolute atomic E-state index is 14.3. The van der Waals surface area contributed by atoms with Crippen LogP contribution in [0.2, 0.25) is 0 Å². The molecule has 1 fully saturated rings. The van der Waals surface area contributed by atoms with Crippen LogP contribution in [0.4, 0.5) is 10.5 Å². The van der Waals surface area contributed by atoms with Gasteiger partial charge >= 0.3 is 6.09 Å². The smallest absolute Gasteiger partial charge is 0.408 e. The first-order valence-electron chi connectivity index (χ1n) is 13.7. The zero-order chi connectivity index (χ0) is 28.0. The van der Waals surface area contributed by atoms with Crippen LogP contribution in [0.15, 0.2) is 48.5 Å². The Morgan fingerprint density at radius 1 is 1.03 bits per heavy atom. The number of para-hydroxylation sites is 1. The number of rotatable bonds is 10. The second-order valence-electron chi connectivity index (χ2n) is 11.3. The maximum atomic E-state index is 14.3. The van der Waals surface area contributed by atoms with Crippen molar-refractivity contribution in [2.24, 2.45) is 5.92 Å². The molecule has 0 radical (unpaired) electrons. The van der Waals surface area contributed by atoms with E-state index in [4.69, 9.17) is 4.74 Å². The third-order valence-corrected chi connectivity index (χ3v) is 6.98. The minimum absolute atomic E-state index is 0.0760. The number of carbonyl (C=O) groups is 3. The summed E-state index contributed by atoms with van der Waals surface area (Å²) in [5.41, 5.74) is 2.85. The molecule has 2 aromatic rings. The molecule has 38 heavy (non-hydrogen) atoms. The van der Waals surface area contributed by atoms with Crippen molar-refractivity contribution in [3.05, 3.63) is 65.2 Å². The van der Waals surface area contributed by atoms with Gasteiger partial charge in [-0.25, -0.2) is 4.79 Å². The number of alkyl carbamates (subject to hydrolysis) is 1. The maximum Gasteiger partial charge on any atom is 0.408 e. The molecular formula is C31H43N3O4. The molecular weight excluding hydrogens is 478 g/mol. The van der Waals surface area contributed by atoms with E-state index in [1.54, 1.807) is 25.7 Å². The quantitative estimate of drug-likeness (QED) is 0.392. The average molecular weight is 522 g/mol. The summed E-state index contributed by atoms with van der Waals surface area (Å²) in [6.07, 6.45) is 2.54. The van der Waals surface area contributed by atoms with E-state index in [1.165, 1.54) is 0 Å². The van der Waals surface area contributed by atoms with Gasteiger partial charge in [0.2, 0.25) is 5.91 Å². The molecule has 0 aromatic heterocycles. The summed E-state index contributed by atoms with van der Waals surface area (Å²) in [5.74, 6) is -0.694. The molecule has 0 heterocycles. The molecule has 2 N–H and O–H groups in total. The molecule has 1 aliphatic carbocycles. The van der Waals surface area contributed by atoms with Crippen LogP contribution in [0.25, 0.3) is 0 Å². The van der Waals surface area contributed by atoms with Gasteiger partial charge < -0.3 is 20.3 Å². The number of anilines is 1. The van der Waals surface area contributed by atoms with Crippen LogP contribution in [0, 0.1) is 12.8 Å². The fraction of sp³-hybridized carbons (Fsp3) is 0.516. The highest BCUT2D eigenvalue weighted by Crippen LogP contribution is 2.37. The van der Waals surface area contributed by atoms with Crippen molar-refractivity contribution in [3.63, 3.8) is 0 Å². The molecule has 7 heteroatoms. The van der Waals surface area contributed by atoms with Crippen molar-refractivity contribution in [1.29, 1.82) is 0 Å². The van der Waals surface area contributed by atoms with E-state index in [-0.39, 0.29) is 23.8 Å². The van der Waals surface area contributed by atoms with Crippen LogP contribution in [0.1, 0.15) is 83.5 Å². The number of nitrogens with zero attached hydrogens (tertiary/aromatic N) is 1. The summed E-state index contributed by atoms with van der Waals surface area (Å²) >= 11 is 0. The number of hydrogen-bond donors (Lipinski definition) is 2. The second kappa shape index (κ2) is 12.5. The van der Waals surface area contributed by atoms with E-state index < -0.39 is 23.8 Å². The van der Waals surface area contributed by atoms with Crippen molar-refractivity contribution in [2.45, 2.75) is 97.9 Å². The average Bonchev–Trinajstić information content (AvgIpc) is 3.70. The lowest BCUT2D eigenvalue weighted by Gasteiger charge is -2.36. The van der Waals surface area contributed by atoms with Gasteiger partial charge in [-0.2, -0.15) is 0 Å². The lowest BCUT2D eigenvalue weighted by atomic mass is 9.95. The highest BCUT2D eigenvalue weighted by molar-refractivity contribution is 5.99. The zero-order valence-electron chi connectivity index (χ0n) is 23.8. The van der Waals surface area contributed by atoms with E-state index in [9.17, 15) is 14.4 Å². The Balaban J connectivity index is 2.01. The summed E-state index contributed by atoms with van der Waals surface area (Å²) in [7, 11) is 0. The summed E-state index contributed by atoms with van der Waals surface area (Å²) in [4.78, 5) is 42.7. The Kier molecular flexibility index (Phi) is 9.58. The van der Waals surface area contributed by atoms with Gasteiger partial charge in [-0.1, -0.05) is 69.7 Å². The largest absolute Gasteiger partial charge is 0.444 e. The Hall–Kier alpha value is -3.35. The lowest BCUT2D eigenvalue weighted by molar-refractivity contribution is -0.142. The first kappa shape index (κ1) is 29.2. The lowest BCUT2D eigenvalue weighted by Crippen LogP contribution is -2.55. The Morgan fingerprint density at radius 3 is 2.18 bits per heavy atom. The number of amides is 3. The van der Waals surface area contributed by atoms with Gasteiger partial charge in [0.1, 0.15) is 17.7 Å². The van der Waals surface area contributed by atoms with Gasteiger partial charge in [-0.15, -0.1) is 0 Å². The van der Waals surface area contributed by atoms with Gasteiger partial charge in [0, 0.05) is 11.7 Å². The molecule has 3 rings (SSSR count).